The number of hydrogen-bond acceptors (Lipinski definition) is 4. The molecule has 0 saturated heterocycles. The first-order chi connectivity index (χ1) is 9.08. The minimum Gasteiger partial charge on any atom is -0.494 e. The van der Waals surface area contributed by atoms with Crippen LogP contribution in [0.15, 0.2) is 18.2 Å². The Kier molecular flexibility index (Phi) is 6.24. The van der Waals surface area contributed by atoms with E-state index < -0.39 is 11.9 Å². The monoisotopic (exact) mass is 270 g/mol. The Morgan fingerprint density at radius 3 is 2.84 bits per heavy atom. The Balaban J connectivity index is 2.56. The molecule has 1 amide bonds. The highest BCUT2D eigenvalue weighted by Gasteiger charge is 2.14. The molecule has 6 heteroatoms. The van der Waals surface area contributed by atoms with E-state index >= 15 is 0 Å². The molecule has 1 aromatic carbocycles. The Labute approximate surface area is 111 Å². The van der Waals surface area contributed by atoms with E-state index in [0.29, 0.717) is 25.1 Å². The fraction of sp³-hybridized carbons (Fsp3) is 0.462. The van der Waals surface area contributed by atoms with Crippen molar-refractivity contribution in [3.05, 3.63) is 24.0 Å². The quantitative estimate of drug-likeness (QED) is 0.737. The van der Waals surface area contributed by atoms with Gasteiger partial charge in [-0.3, -0.25) is 4.79 Å². The first-order valence-electron chi connectivity index (χ1n) is 5.97. The number of anilines is 1. The van der Waals surface area contributed by atoms with E-state index in [2.05, 4.69) is 5.32 Å². The summed E-state index contributed by atoms with van der Waals surface area (Å²) in [5.74, 6) is -0.722. The summed E-state index contributed by atoms with van der Waals surface area (Å²) in [7, 11) is 2.96. The number of nitrogens with two attached hydrogens (primary N) is 1. The molecule has 1 unspecified atom stereocenters. The second-order valence-electron chi connectivity index (χ2n) is 4.08. The summed E-state index contributed by atoms with van der Waals surface area (Å²) in [5, 5.41) is 2.62. The largest absolute Gasteiger partial charge is 0.494 e. The molecular formula is C13H19FN2O3. The number of nitrogens with one attached hydrogen (secondary N) is 1. The van der Waals surface area contributed by atoms with Crippen molar-refractivity contribution < 1.29 is 18.7 Å². The highest BCUT2D eigenvalue weighted by molar-refractivity contribution is 5.94. The van der Waals surface area contributed by atoms with Crippen LogP contribution in [0, 0.1) is 5.82 Å². The first kappa shape index (κ1) is 15.4. The van der Waals surface area contributed by atoms with Crippen molar-refractivity contribution in [3.63, 3.8) is 0 Å². The number of halogens is 1. The normalized spacial score (nSPS) is 12.0. The smallest absolute Gasteiger partial charge is 0.241 e. The molecule has 0 aromatic heterocycles. The van der Waals surface area contributed by atoms with Crippen LogP contribution in [0.3, 0.4) is 0 Å². The molecule has 1 aromatic rings. The fourth-order valence-corrected chi connectivity index (χ4v) is 1.55. The third kappa shape index (κ3) is 4.84. The molecule has 0 aliphatic carbocycles. The molecule has 0 heterocycles. The molecule has 5 nitrogen and oxygen atoms in total. The van der Waals surface area contributed by atoms with Crippen molar-refractivity contribution in [3.8, 4) is 5.75 Å². The Morgan fingerprint density at radius 2 is 2.21 bits per heavy atom. The van der Waals surface area contributed by atoms with Gasteiger partial charge >= 0.3 is 0 Å². The number of carbonyl (C=O) groups is 1. The number of hydrogen-bond donors (Lipinski definition) is 2. The highest BCUT2D eigenvalue weighted by atomic mass is 19.1. The zero-order valence-corrected chi connectivity index (χ0v) is 11.1. The van der Waals surface area contributed by atoms with Crippen LogP contribution in [0.4, 0.5) is 10.1 Å². The van der Waals surface area contributed by atoms with Crippen molar-refractivity contribution in [2.75, 3.05) is 26.1 Å². The van der Waals surface area contributed by atoms with E-state index in [0.717, 1.165) is 0 Å². The number of amides is 1. The molecule has 0 bridgehead atoms. The molecule has 0 saturated carbocycles. The minimum atomic E-state index is -0.619. The predicted molar refractivity (Wildman–Crippen MR) is 70.7 cm³/mol. The SMILES string of the molecule is COCCCC(N)C(=O)Nc1ccc(F)c(OC)c1. The minimum absolute atomic E-state index is 0.0748. The zero-order valence-electron chi connectivity index (χ0n) is 11.1. The Morgan fingerprint density at radius 1 is 1.47 bits per heavy atom. The van der Waals surface area contributed by atoms with E-state index in [1.54, 1.807) is 7.11 Å². The van der Waals surface area contributed by atoms with Gasteiger partial charge in [-0.25, -0.2) is 4.39 Å². The summed E-state index contributed by atoms with van der Waals surface area (Å²) in [6.07, 6.45) is 1.23. The van der Waals surface area contributed by atoms with Gasteiger partial charge in [-0.1, -0.05) is 0 Å². The lowest BCUT2D eigenvalue weighted by molar-refractivity contribution is -0.117. The van der Waals surface area contributed by atoms with Crippen LogP contribution in [0.1, 0.15) is 12.8 Å². The second-order valence-corrected chi connectivity index (χ2v) is 4.08. The standard InChI is InChI=1S/C13H19FN2O3/c1-18-7-3-4-11(15)13(17)16-9-5-6-10(14)12(8-9)19-2/h5-6,8,11H,3-4,7,15H2,1-2H3,(H,16,17). The summed E-state index contributed by atoms with van der Waals surface area (Å²) in [4.78, 5) is 11.8. The van der Waals surface area contributed by atoms with E-state index in [4.69, 9.17) is 15.2 Å². The lowest BCUT2D eigenvalue weighted by Crippen LogP contribution is -2.35. The molecule has 19 heavy (non-hydrogen) atoms. The summed E-state index contributed by atoms with van der Waals surface area (Å²) >= 11 is 0. The molecule has 1 atom stereocenters. The van der Waals surface area contributed by atoms with Crippen LogP contribution in [-0.2, 0) is 9.53 Å². The Bertz CT molecular complexity index is 426. The van der Waals surface area contributed by atoms with Crippen molar-refractivity contribution in [2.24, 2.45) is 5.73 Å². The number of benzene rings is 1. The predicted octanol–water partition coefficient (Wildman–Crippen LogP) is 1.53. The van der Waals surface area contributed by atoms with Gasteiger partial charge in [0.25, 0.3) is 0 Å². The van der Waals surface area contributed by atoms with Crippen LogP contribution < -0.4 is 15.8 Å². The third-order valence-electron chi connectivity index (χ3n) is 2.62. The van der Waals surface area contributed by atoms with Crippen LogP contribution >= 0.6 is 0 Å². The molecule has 106 valence electrons. The van der Waals surface area contributed by atoms with E-state index in [9.17, 15) is 9.18 Å². The third-order valence-corrected chi connectivity index (χ3v) is 2.62. The Hall–Kier alpha value is -1.66. The summed E-state index contributed by atoms with van der Waals surface area (Å²) < 4.78 is 22.9. The van der Waals surface area contributed by atoms with Gasteiger partial charge in [-0.05, 0) is 25.0 Å². The lowest BCUT2D eigenvalue weighted by atomic mass is 10.1. The zero-order chi connectivity index (χ0) is 14.3. The number of ether oxygens (including phenoxy) is 2. The molecular weight excluding hydrogens is 251 g/mol. The van der Waals surface area contributed by atoms with Gasteiger partial charge in [0.05, 0.1) is 13.2 Å². The second kappa shape index (κ2) is 7.70. The lowest BCUT2D eigenvalue weighted by Gasteiger charge is -2.12. The van der Waals surface area contributed by atoms with Crippen molar-refractivity contribution in [1.29, 1.82) is 0 Å². The van der Waals surface area contributed by atoms with Gasteiger partial charge in [0, 0.05) is 25.5 Å². The van der Waals surface area contributed by atoms with Gasteiger partial charge in [0.2, 0.25) is 5.91 Å². The van der Waals surface area contributed by atoms with Crippen LogP contribution in [-0.4, -0.2) is 32.8 Å². The molecule has 0 fully saturated rings. The molecule has 0 radical (unpaired) electrons. The van der Waals surface area contributed by atoms with Crippen LogP contribution in [0.25, 0.3) is 0 Å². The highest BCUT2D eigenvalue weighted by Crippen LogP contribution is 2.21. The maximum absolute atomic E-state index is 13.2. The van der Waals surface area contributed by atoms with E-state index in [1.165, 1.54) is 25.3 Å². The first-order valence-corrected chi connectivity index (χ1v) is 5.97. The van der Waals surface area contributed by atoms with Crippen LogP contribution in [0.5, 0.6) is 5.75 Å². The average molecular weight is 270 g/mol. The van der Waals surface area contributed by atoms with Crippen LogP contribution in [0.2, 0.25) is 0 Å². The van der Waals surface area contributed by atoms with Gasteiger partial charge in [-0.2, -0.15) is 0 Å². The number of rotatable bonds is 7. The summed E-state index contributed by atoms with van der Waals surface area (Å²) in [5.41, 5.74) is 6.18. The maximum Gasteiger partial charge on any atom is 0.241 e. The molecule has 1 rings (SSSR count). The molecule has 0 aliphatic rings. The molecule has 0 spiro atoms. The molecule has 0 aliphatic heterocycles. The van der Waals surface area contributed by atoms with Gasteiger partial charge in [0.1, 0.15) is 0 Å². The van der Waals surface area contributed by atoms with Crippen molar-refractivity contribution in [1.82, 2.24) is 0 Å². The molecule has 3 N–H and O–H groups in total. The topological polar surface area (TPSA) is 73.6 Å². The van der Waals surface area contributed by atoms with Gasteiger partial charge < -0.3 is 20.5 Å². The van der Waals surface area contributed by atoms with Crippen molar-refractivity contribution >= 4 is 11.6 Å². The summed E-state index contributed by atoms with van der Waals surface area (Å²) in [6.45, 7) is 0.561. The summed E-state index contributed by atoms with van der Waals surface area (Å²) in [6, 6.07) is 3.48. The fourth-order valence-electron chi connectivity index (χ4n) is 1.55. The average Bonchev–Trinajstić information content (AvgIpc) is 2.41. The number of carbonyl (C=O) groups excluding carboxylic acids is 1. The van der Waals surface area contributed by atoms with E-state index in [1.807, 2.05) is 0 Å². The van der Waals surface area contributed by atoms with Gasteiger partial charge in [-0.15, -0.1) is 0 Å². The van der Waals surface area contributed by atoms with Crippen molar-refractivity contribution in [2.45, 2.75) is 18.9 Å². The maximum atomic E-state index is 13.2. The van der Waals surface area contributed by atoms with E-state index in [-0.39, 0.29) is 11.7 Å². The van der Waals surface area contributed by atoms with Gasteiger partial charge in [0.15, 0.2) is 11.6 Å². The number of methoxy groups -OCH3 is 2.